The lowest BCUT2D eigenvalue weighted by Gasteiger charge is -2.06. The van der Waals surface area contributed by atoms with Gasteiger partial charge in [-0.05, 0) is 44.0 Å². The second kappa shape index (κ2) is 6.54. The predicted octanol–water partition coefficient (Wildman–Crippen LogP) is 3.89. The van der Waals surface area contributed by atoms with Crippen molar-refractivity contribution in [2.75, 3.05) is 5.43 Å². The molecule has 0 saturated heterocycles. The maximum atomic E-state index is 9.82. The number of anilines is 1. The zero-order valence-corrected chi connectivity index (χ0v) is 16.1. The van der Waals surface area contributed by atoms with E-state index in [-0.39, 0.29) is 17.4 Å². The minimum Gasteiger partial charge on any atom is -0.503 e. The van der Waals surface area contributed by atoms with E-state index in [4.69, 9.17) is 0 Å². The number of phenolic OH excluding ortho intramolecular Hbond substituents is 2. The van der Waals surface area contributed by atoms with Crippen LogP contribution in [0, 0.1) is 0 Å². The summed E-state index contributed by atoms with van der Waals surface area (Å²) in [5.41, 5.74) is 5.45. The molecule has 0 spiro atoms. The molecule has 0 aliphatic rings. The molecule has 0 aliphatic carbocycles. The maximum Gasteiger partial charge on any atom is 0.265 e. The van der Waals surface area contributed by atoms with Crippen LogP contribution < -0.4 is 5.43 Å². The predicted molar refractivity (Wildman–Crippen MR) is 106 cm³/mol. The van der Waals surface area contributed by atoms with Crippen molar-refractivity contribution in [1.29, 1.82) is 0 Å². The van der Waals surface area contributed by atoms with Gasteiger partial charge in [-0.25, -0.2) is 5.43 Å². The highest BCUT2D eigenvalue weighted by atomic mass is 79.9. The molecule has 4 N–H and O–H groups in total. The molecule has 4 aromatic rings. The van der Waals surface area contributed by atoms with Crippen LogP contribution in [0.15, 0.2) is 44.4 Å². The Balaban J connectivity index is 1.62. The van der Waals surface area contributed by atoms with Gasteiger partial charge < -0.3 is 15.2 Å². The first-order valence-electron chi connectivity index (χ1n) is 7.34. The van der Waals surface area contributed by atoms with Gasteiger partial charge in [0.25, 0.3) is 5.95 Å². The number of para-hydroxylation sites is 1. The van der Waals surface area contributed by atoms with Crippen LogP contribution >= 0.6 is 31.9 Å². The molecular formula is C16H10Br2N6O2. The summed E-state index contributed by atoms with van der Waals surface area (Å²) < 4.78 is 0.658. The summed E-state index contributed by atoms with van der Waals surface area (Å²) >= 11 is 6.37. The van der Waals surface area contributed by atoms with Crippen LogP contribution in [0.2, 0.25) is 0 Å². The summed E-state index contributed by atoms with van der Waals surface area (Å²) in [6.07, 6.45) is 1.45. The highest BCUT2D eigenvalue weighted by molar-refractivity contribution is 9.11. The molecule has 130 valence electrons. The van der Waals surface area contributed by atoms with Crippen molar-refractivity contribution in [2.24, 2.45) is 5.10 Å². The standard InChI is InChI=1S/C16H10Br2N6O2/c17-9-5-7(11(18)14(26)13(9)25)6-19-23-16-21-15-12(22-24-16)8-3-1-2-4-10(8)20-15/h1-6,25-26H,(H2,20,21,23,24). The first-order valence-corrected chi connectivity index (χ1v) is 8.93. The molecule has 0 atom stereocenters. The first kappa shape index (κ1) is 16.7. The minimum atomic E-state index is -0.279. The molecule has 0 amide bonds. The molecule has 2 aromatic carbocycles. The Hall–Kier alpha value is -2.72. The number of phenols is 2. The van der Waals surface area contributed by atoms with Gasteiger partial charge in [-0.2, -0.15) is 10.1 Å². The zero-order chi connectivity index (χ0) is 18.3. The number of hydrogen-bond acceptors (Lipinski definition) is 7. The Bertz CT molecular complexity index is 1170. The van der Waals surface area contributed by atoms with Crippen LogP contribution in [0.1, 0.15) is 5.56 Å². The van der Waals surface area contributed by atoms with Gasteiger partial charge in [0, 0.05) is 16.5 Å². The molecule has 8 nitrogen and oxygen atoms in total. The molecule has 0 fully saturated rings. The molecule has 4 rings (SSSR count). The average Bonchev–Trinajstić information content (AvgIpc) is 3.02. The maximum absolute atomic E-state index is 9.82. The van der Waals surface area contributed by atoms with E-state index >= 15 is 0 Å². The number of fused-ring (bicyclic) bond motifs is 3. The topological polar surface area (TPSA) is 119 Å². The van der Waals surface area contributed by atoms with Crippen molar-refractivity contribution in [3.8, 4) is 11.5 Å². The van der Waals surface area contributed by atoms with Crippen molar-refractivity contribution < 1.29 is 10.2 Å². The van der Waals surface area contributed by atoms with Crippen LogP contribution in [-0.4, -0.2) is 36.6 Å². The average molecular weight is 478 g/mol. The summed E-state index contributed by atoms with van der Waals surface area (Å²) in [5.74, 6) is -0.310. The lowest BCUT2D eigenvalue weighted by atomic mass is 10.2. The number of nitrogens with one attached hydrogen (secondary N) is 2. The van der Waals surface area contributed by atoms with Crippen molar-refractivity contribution in [2.45, 2.75) is 0 Å². The fourth-order valence-electron chi connectivity index (χ4n) is 2.44. The highest BCUT2D eigenvalue weighted by Crippen LogP contribution is 2.40. The minimum absolute atomic E-state index is 0.221. The summed E-state index contributed by atoms with van der Waals surface area (Å²) in [4.78, 5) is 7.53. The van der Waals surface area contributed by atoms with Crippen molar-refractivity contribution in [3.05, 3.63) is 44.8 Å². The second-order valence-electron chi connectivity index (χ2n) is 5.33. The van der Waals surface area contributed by atoms with Crippen LogP contribution in [-0.2, 0) is 0 Å². The van der Waals surface area contributed by atoms with E-state index in [1.165, 1.54) is 6.21 Å². The molecule has 0 saturated carbocycles. The monoisotopic (exact) mass is 476 g/mol. The molecule has 0 bridgehead atoms. The summed E-state index contributed by atoms with van der Waals surface area (Å²) in [5, 5.41) is 32.7. The molecule has 0 aliphatic heterocycles. The molecule has 2 aromatic heterocycles. The summed E-state index contributed by atoms with van der Waals surface area (Å²) in [6.45, 7) is 0. The lowest BCUT2D eigenvalue weighted by molar-refractivity contribution is 0.399. The van der Waals surface area contributed by atoms with Crippen LogP contribution in [0.4, 0.5) is 5.95 Å². The summed E-state index contributed by atoms with van der Waals surface area (Å²) in [6, 6.07) is 9.35. The normalized spacial score (nSPS) is 11.6. The molecule has 0 radical (unpaired) electrons. The van der Waals surface area contributed by atoms with Gasteiger partial charge in [0.1, 0.15) is 5.52 Å². The van der Waals surface area contributed by atoms with E-state index in [0.29, 0.717) is 25.7 Å². The quantitative estimate of drug-likeness (QED) is 0.202. The fraction of sp³-hybridized carbons (Fsp3) is 0. The van der Waals surface area contributed by atoms with E-state index in [9.17, 15) is 10.2 Å². The van der Waals surface area contributed by atoms with Gasteiger partial charge >= 0.3 is 0 Å². The Kier molecular flexibility index (Phi) is 4.21. The Morgan fingerprint density at radius 3 is 2.77 bits per heavy atom. The zero-order valence-electron chi connectivity index (χ0n) is 12.9. The van der Waals surface area contributed by atoms with Gasteiger partial charge in [0.2, 0.25) is 0 Å². The molecule has 10 heteroatoms. The van der Waals surface area contributed by atoms with Crippen molar-refractivity contribution >= 4 is 66.1 Å². The Morgan fingerprint density at radius 2 is 1.92 bits per heavy atom. The molecule has 26 heavy (non-hydrogen) atoms. The van der Waals surface area contributed by atoms with Gasteiger partial charge in [-0.15, -0.1) is 10.2 Å². The largest absolute Gasteiger partial charge is 0.503 e. The summed E-state index contributed by atoms with van der Waals surface area (Å²) in [7, 11) is 0. The number of aromatic nitrogens is 4. The third-order valence-corrected chi connectivity index (χ3v) is 5.12. The van der Waals surface area contributed by atoms with Crippen LogP contribution in [0.5, 0.6) is 11.5 Å². The van der Waals surface area contributed by atoms with E-state index in [1.807, 2.05) is 24.3 Å². The second-order valence-corrected chi connectivity index (χ2v) is 6.98. The number of hydrazone groups is 1. The van der Waals surface area contributed by atoms with Gasteiger partial charge in [-0.1, -0.05) is 18.2 Å². The lowest BCUT2D eigenvalue weighted by Crippen LogP contribution is -1.99. The van der Waals surface area contributed by atoms with E-state index in [0.717, 1.165) is 10.9 Å². The van der Waals surface area contributed by atoms with Crippen LogP contribution in [0.3, 0.4) is 0 Å². The molecule has 0 unspecified atom stereocenters. The number of nitrogens with zero attached hydrogens (tertiary/aromatic N) is 4. The van der Waals surface area contributed by atoms with E-state index in [2.05, 4.69) is 62.6 Å². The van der Waals surface area contributed by atoms with Gasteiger partial charge in [0.15, 0.2) is 17.1 Å². The number of hydrogen-bond donors (Lipinski definition) is 4. The molecule has 2 heterocycles. The third kappa shape index (κ3) is 2.86. The number of H-pyrrole nitrogens is 1. The number of aromatic hydroxyl groups is 2. The number of aromatic amines is 1. The SMILES string of the molecule is Oc1c(Br)cc(C=NNc2nnc3c(n2)[nH]c2ccccc23)c(Br)c1O. The van der Waals surface area contributed by atoms with Gasteiger partial charge in [0.05, 0.1) is 15.2 Å². The van der Waals surface area contributed by atoms with Crippen LogP contribution in [0.25, 0.3) is 22.1 Å². The Labute approximate surface area is 163 Å². The highest BCUT2D eigenvalue weighted by Gasteiger charge is 2.13. The molecular weight excluding hydrogens is 468 g/mol. The van der Waals surface area contributed by atoms with Crippen molar-refractivity contribution in [3.63, 3.8) is 0 Å². The van der Waals surface area contributed by atoms with Gasteiger partial charge in [-0.3, -0.25) is 0 Å². The van der Waals surface area contributed by atoms with E-state index < -0.39 is 0 Å². The smallest absolute Gasteiger partial charge is 0.265 e. The first-order chi connectivity index (χ1) is 12.5. The van der Waals surface area contributed by atoms with Crippen molar-refractivity contribution in [1.82, 2.24) is 20.2 Å². The van der Waals surface area contributed by atoms with E-state index in [1.54, 1.807) is 6.07 Å². The number of halogens is 2. The number of rotatable bonds is 3. The third-order valence-electron chi connectivity index (χ3n) is 3.68. The Morgan fingerprint density at radius 1 is 1.12 bits per heavy atom. The number of benzene rings is 2. The fourth-order valence-corrected chi connectivity index (χ4v) is 3.28.